The summed E-state index contributed by atoms with van der Waals surface area (Å²) in [6.07, 6.45) is 3.73. The van der Waals surface area contributed by atoms with Crippen molar-refractivity contribution in [1.82, 2.24) is 4.90 Å². The number of carboxylic acids is 1. The van der Waals surface area contributed by atoms with Crippen LogP contribution in [0.4, 0.5) is 11.4 Å². The molecule has 2 amide bonds. The predicted octanol–water partition coefficient (Wildman–Crippen LogP) is 2.11. The van der Waals surface area contributed by atoms with Crippen LogP contribution in [0.1, 0.15) is 32.1 Å². The summed E-state index contributed by atoms with van der Waals surface area (Å²) in [7, 11) is 0. The molecule has 4 rings (SSSR count). The molecule has 1 aromatic rings. The minimum absolute atomic E-state index is 0. The Morgan fingerprint density at radius 1 is 1.22 bits per heavy atom. The number of hydrogen-bond donors (Lipinski definition) is 2. The zero-order valence-corrected chi connectivity index (χ0v) is 15.8. The first kappa shape index (κ1) is 19.6. The lowest BCUT2D eigenvalue weighted by Crippen LogP contribution is -2.62. The molecule has 1 spiro atoms. The van der Waals surface area contributed by atoms with Crippen molar-refractivity contribution in [3.05, 3.63) is 24.3 Å². The summed E-state index contributed by atoms with van der Waals surface area (Å²) in [5.41, 5.74) is 0.596. The number of aliphatic carboxylic acids is 1. The normalized spacial score (nSPS) is 23.6. The second-order valence-corrected chi connectivity index (χ2v) is 7.50. The SMILES string of the molecule is Cl.O=C(O)C1CCN(CC(=O)N2c3ccccc3NC(=O)C23CCCC3)C1. The first-order valence-corrected chi connectivity index (χ1v) is 9.20. The number of amides is 2. The summed E-state index contributed by atoms with van der Waals surface area (Å²) >= 11 is 0. The number of benzene rings is 1. The molecule has 0 bridgehead atoms. The molecule has 1 aliphatic carbocycles. The molecule has 1 saturated carbocycles. The number of halogens is 1. The molecule has 2 N–H and O–H groups in total. The van der Waals surface area contributed by atoms with Gasteiger partial charge in [0, 0.05) is 6.54 Å². The number of anilines is 2. The molecule has 0 aromatic heterocycles. The van der Waals surface area contributed by atoms with E-state index in [1.54, 1.807) is 4.90 Å². The Kier molecular flexibility index (Phi) is 5.44. The molecule has 1 saturated heterocycles. The first-order chi connectivity index (χ1) is 12.5. The van der Waals surface area contributed by atoms with E-state index in [0.29, 0.717) is 38.0 Å². The maximum Gasteiger partial charge on any atom is 0.307 e. The van der Waals surface area contributed by atoms with Gasteiger partial charge in [-0.3, -0.25) is 24.2 Å². The fraction of sp³-hybridized carbons (Fsp3) is 0.526. The number of carboxylic acid groups (broad SMARTS) is 1. The van der Waals surface area contributed by atoms with Crippen LogP contribution in [0.2, 0.25) is 0 Å². The first-order valence-electron chi connectivity index (χ1n) is 9.20. The van der Waals surface area contributed by atoms with E-state index in [-0.39, 0.29) is 30.8 Å². The number of nitrogens with one attached hydrogen (secondary N) is 1. The molecule has 2 aliphatic heterocycles. The van der Waals surface area contributed by atoms with Gasteiger partial charge < -0.3 is 10.4 Å². The smallest absolute Gasteiger partial charge is 0.307 e. The summed E-state index contributed by atoms with van der Waals surface area (Å²) in [4.78, 5) is 40.9. The zero-order valence-electron chi connectivity index (χ0n) is 15.0. The molecule has 2 fully saturated rings. The van der Waals surface area contributed by atoms with Crippen molar-refractivity contribution in [2.24, 2.45) is 5.92 Å². The molecule has 0 radical (unpaired) electrons. The van der Waals surface area contributed by atoms with Gasteiger partial charge >= 0.3 is 5.97 Å². The monoisotopic (exact) mass is 393 g/mol. The summed E-state index contributed by atoms with van der Waals surface area (Å²) in [5, 5.41) is 12.1. The van der Waals surface area contributed by atoms with Crippen LogP contribution in [-0.2, 0) is 14.4 Å². The van der Waals surface area contributed by atoms with Crippen molar-refractivity contribution in [2.45, 2.75) is 37.6 Å². The van der Waals surface area contributed by atoms with Crippen molar-refractivity contribution in [3.8, 4) is 0 Å². The fourth-order valence-electron chi connectivity index (χ4n) is 4.57. The van der Waals surface area contributed by atoms with Crippen molar-refractivity contribution >= 4 is 41.6 Å². The van der Waals surface area contributed by atoms with Crippen LogP contribution in [-0.4, -0.2) is 53.0 Å². The minimum atomic E-state index is -0.810. The standard InChI is InChI=1S/C19H23N3O4.ClH/c23-16(12-21-10-7-13(11-21)17(24)25)22-15-6-2-1-5-14(15)20-18(26)19(22)8-3-4-9-19;/h1-2,5-6,13H,3-4,7-12H2,(H,20,26)(H,24,25);1H. The summed E-state index contributed by atoms with van der Waals surface area (Å²) < 4.78 is 0. The fourth-order valence-corrected chi connectivity index (χ4v) is 4.57. The Labute approximate surface area is 164 Å². The van der Waals surface area contributed by atoms with Gasteiger partial charge in [0.2, 0.25) is 5.91 Å². The van der Waals surface area contributed by atoms with Crippen molar-refractivity contribution in [3.63, 3.8) is 0 Å². The van der Waals surface area contributed by atoms with Crippen LogP contribution >= 0.6 is 12.4 Å². The Morgan fingerprint density at radius 2 is 1.93 bits per heavy atom. The molecule has 7 nitrogen and oxygen atoms in total. The van der Waals surface area contributed by atoms with Crippen LogP contribution in [0.25, 0.3) is 0 Å². The van der Waals surface area contributed by atoms with Gasteiger partial charge in [-0.15, -0.1) is 12.4 Å². The third-order valence-electron chi connectivity index (χ3n) is 5.90. The Balaban J connectivity index is 0.00000210. The lowest BCUT2D eigenvalue weighted by molar-refractivity contribution is -0.141. The summed E-state index contributed by atoms with van der Waals surface area (Å²) in [5.74, 6) is -1.46. The number of carbonyl (C=O) groups is 3. The van der Waals surface area contributed by atoms with Gasteiger partial charge in [0.15, 0.2) is 0 Å². The third-order valence-corrected chi connectivity index (χ3v) is 5.90. The average molecular weight is 394 g/mol. The largest absolute Gasteiger partial charge is 0.481 e. The number of para-hydroxylation sites is 2. The second kappa shape index (κ2) is 7.48. The van der Waals surface area contributed by atoms with E-state index in [9.17, 15) is 19.5 Å². The zero-order chi connectivity index (χ0) is 18.3. The van der Waals surface area contributed by atoms with Crippen molar-refractivity contribution < 1.29 is 19.5 Å². The molecule has 3 aliphatic rings. The third kappa shape index (κ3) is 3.30. The van der Waals surface area contributed by atoms with Crippen LogP contribution in [0, 0.1) is 5.92 Å². The molecular weight excluding hydrogens is 370 g/mol. The molecule has 1 atom stereocenters. The molecule has 1 aromatic carbocycles. The minimum Gasteiger partial charge on any atom is -0.481 e. The van der Waals surface area contributed by atoms with Gasteiger partial charge in [-0.2, -0.15) is 0 Å². The highest BCUT2D eigenvalue weighted by molar-refractivity contribution is 6.15. The van der Waals surface area contributed by atoms with Crippen LogP contribution in [0.15, 0.2) is 24.3 Å². The number of rotatable bonds is 3. The quantitative estimate of drug-likeness (QED) is 0.820. The van der Waals surface area contributed by atoms with Crippen LogP contribution < -0.4 is 10.2 Å². The van der Waals surface area contributed by atoms with Gasteiger partial charge in [-0.05, 0) is 37.9 Å². The Bertz CT molecular complexity index is 763. The van der Waals surface area contributed by atoms with E-state index in [1.807, 2.05) is 29.2 Å². The highest BCUT2D eigenvalue weighted by atomic mass is 35.5. The summed E-state index contributed by atoms with van der Waals surface area (Å²) in [6.45, 7) is 1.13. The van der Waals surface area contributed by atoms with E-state index in [1.165, 1.54) is 0 Å². The number of likely N-dealkylation sites (tertiary alicyclic amines) is 1. The van der Waals surface area contributed by atoms with E-state index >= 15 is 0 Å². The van der Waals surface area contributed by atoms with Crippen LogP contribution in [0.3, 0.4) is 0 Å². The Morgan fingerprint density at radius 3 is 2.59 bits per heavy atom. The maximum absolute atomic E-state index is 13.3. The van der Waals surface area contributed by atoms with E-state index in [2.05, 4.69) is 5.32 Å². The number of fused-ring (bicyclic) bond motifs is 1. The van der Waals surface area contributed by atoms with Gasteiger partial charge in [0.1, 0.15) is 5.54 Å². The highest BCUT2D eigenvalue weighted by Crippen LogP contribution is 2.45. The van der Waals surface area contributed by atoms with Gasteiger partial charge in [0.05, 0.1) is 23.8 Å². The van der Waals surface area contributed by atoms with Crippen molar-refractivity contribution in [2.75, 3.05) is 29.9 Å². The number of carbonyl (C=O) groups excluding carboxylic acids is 2. The summed E-state index contributed by atoms with van der Waals surface area (Å²) in [6, 6.07) is 7.39. The molecule has 146 valence electrons. The second-order valence-electron chi connectivity index (χ2n) is 7.50. The molecule has 27 heavy (non-hydrogen) atoms. The number of nitrogens with zero attached hydrogens (tertiary/aromatic N) is 2. The van der Waals surface area contributed by atoms with E-state index < -0.39 is 17.4 Å². The average Bonchev–Trinajstić information content (AvgIpc) is 3.26. The predicted molar refractivity (Wildman–Crippen MR) is 103 cm³/mol. The number of hydrogen-bond acceptors (Lipinski definition) is 4. The van der Waals surface area contributed by atoms with E-state index in [4.69, 9.17) is 0 Å². The van der Waals surface area contributed by atoms with Gasteiger partial charge in [0.25, 0.3) is 5.91 Å². The Hall–Kier alpha value is -2.12. The molecule has 8 heteroatoms. The lowest BCUT2D eigenvalue weighted by Gasteiger charge is -2.44. The van der Waals surface area contributed by atoms with E-state index in [0.717, 1.165) is 18.5 Å². The maximum atomic E-state index is 13.3. The lowest BCUT2D eigenvalue weighted by atomic mass is 9.89. The van der Waals surface area contributed by atoms with Gasteiger partial charge in [-0.25, -0.2) is 0 Å². The van der Waals surface area contributed by atoms with Crippen molar-refractivity contribution in [1.29, 1.82) is 0 Å². The molecule has 2 heterocycles. The molecule has 1 unspecified atom stereocenters. The van der Waals surface area contributed by atoms with Crippen LogP contribution in [0.5, 0.6) is 0 Å². The topological polar surface area (TPSA) is 89.9 Å². The molecular formula is C19H24ClN3O4. The van der Waals surface area contributed by atoms with Gasteiger partial charge in [-0.1, -0.05) is 25.0 Å². The highest BCUT2D eigenvalue weighted by Gasteiger charge is 2.52.